The van der Waals surface area contributed by atoms with Gasteiger partial charge in [0.05, 0.1) is 17.6 Å². The van der Waals surface area contributed by atoms with E-state index in [1.54, 1.807) is 17.9 Å². The molecule has 8 heteroatoms. The van der Waals surface area contributed by atoms with Crippen molar-refractivity contribution >= 4 is 17.5 Å². The summed E-state index contributed by atoms with van der Waals surface area (Å²) in [5, 5.41) is 23.7. The molecule has 0 atom stereocenters. The molecule has 2 aromatic heterocycles. The van der Waals surface area contributed by atoms with Gasteiger partial charge < -0.3 is 16.0 Å². The van der Waals surface area contributed by atoms with Crippen LogP contribution in [-0.2, 0) is 13.0 Å². The normalized spacial score (nSPS) is 10.5. The Bertz CT molecular complexity index is 1020. The van der Waals surface area contributed by atoms with Crippen LogP contribution in [0, 0.1) is 18.3 Å². The van der Waals surface area contributed by atoms with Crippen LogP contribution >= 0.6 is 0 Å². The first-order valence-corrected chi connectivity index (χ1v) is 9.14. The lowest BCUT2D eigenvalue weighted by atomic mass is 10.0. The summed E-state index contributed by atoms with van der Waals surface area (Å²) in [5.74, 6) is 1.15. The minimum Gasteiger partial charge on any atom is -0.373 e. The van der Waals surface area contributed by atoms with Gasteiger partial charge in [-0.3, -0.25) is 0 Å². The first-order valence-electron chi connectivity index (χ1n) is 9.14. The van der Waals surface area contributed by atoms with Gasteiger partial charge in [-0.25, -0.2) is 9.67 Å². The third-order valence-corrected chi connectivity index (χ3v) is 4.36. The Labute approximate surface area is 164 Å². The van der Waals surface area contributed by atoms with Gasteiger partial charge in [-0.2, -0.15) is 15.3 Å². The van der Waals surface area contributed by atoms with E-state index in [0.29, 0.717) is 29.6 Å². The first kappa shape index (κ1) is 19.3. The predicted octanol–water partition coefficient (Wildman–Crippen LogP) is 2.91. The maximum Gasteiger partial charge on any atom is 0.229 e. The zero-order valence-electron chi connectivity index (χ0n) is 16.5. The molecule has 144 valence electrons. The Morgan fingerprint density at radius 1 is 1.21 bits per heavy atom. The van der Waals surface area contributed by atoms with Gasteiger partial charge in [0.15, 0.2) is 0 Å². The molecule has 0 unspecified atom stereocenters. The highest BCUT2D eigenvalue weighted by Crippen LogP contribution is 2.29. The highest BCUT2D eigenvalue weighted by atomic mass is 15.3. The standard InChI is InChI=1S/C20H24N8/c1-5-15-6-7-17(26-20-25-13(2)8-18(23-4)27-20)16(9-21)19(15)28-12-14(10-22-3)11-24-28/h6-8,11-12,22H,5,10H2,1-4H3,(H2,23,25,26,27). The molecular weight excluding hydrogens is 352 g/mol. The largest absolute Gasteiger partial charge is 0.373 e. The van der Waals surface area contributed by atoms with E-state index in [9.17, 15) is 5.26 Å². The molecule has 3 aromatic rings. The lowest BCUT2D eigenvalue weighted by Gasteiger charge is -2.15. The van der Waals surface area contributed by atoms with E-state index in [0.717, 1.165) is 28.9 Å². The number of nitrogens with zero attached hydrogens (tertiary/aromatic N) is 5. The molecular formula is C20H24N8. The second-order valence-corrected chi connectivity index (χ2v) is 6.38. The number of anilines is 3. The lowest BCUT2D eigenvalue weighted by Crippen LogP contribution is -2.08. The summed E-state index contributed by atoms with van der Waals surface area (Å²) >= 11 is 0. The topological polar surface area (TPSA) is 103 Å². The van der Waals surface area contributed by atoms with Crippen LogP contribution in [0.2, 0.25) is 0 Å². The van der Waals surface area contributed by atoms with Gasteiger partial charge in [0.25, 0.3) is 0 Å². The third-order valence-electron chi connectivity index (χ3n) is 4.36. The van der Waals surface area contributed by atoms with Crippen molar-refractivity contribution < 1.29 is 0 Å². The molecule has 0 fully saturated rings. The van der Waals surface area contributed by atoms with Crippen LogP contribution in [0.1, 0.15) is 29.3 Å². The van der Waals surface area contributed by atoms with Gasteiger partial charge in [0.2, 0.25) is 5.95 Å². The lowest BCUT2D eigenvalue weighted by molar-refractivity contribution is 0.815. The maximum atomic E-state index is 9.93. The molecule has 0 spiro atoms. The number of benzene rings is 1. The maximum absolute atomic E-state index is 9.93. The molecule has 0 aliphatic rings. The van der Waals surface area contributed by atoms with E-state index < -0.39 is 0 Å². The Morgan fingerprint density at radius 3 is 2.71 bits per heavy atom. The molecule has 2 heterocycles. The van der Waals surface area contributed by atoms with Crippen molar-refractivity contribution in [1.29, 1.82) is 5.26 Å². The summed E-state index contributed by atoms with van der Waals surface area (Å²) in [6.07, 6.45) is 4.54. The van der Waals surface area contributed by atoms with Gasteiger partial charge in [0, 0.05) is 37.1 Å². The molecule has 0 bridgehead atoms. The molecule has 8 nitrogen and oxygen atoms in total. The van der Waals surface area contributed by atoms with Crippen LogP contribution in [0.3, 0.4) is 0 Å². The van der Waals surface area contributed by atoms with Gasteiger partial charge >= 0.3 is 0 Å². The predicted molar refractivity (Wildman–Crippen MR) is 110 cm³/mol. The van der Waals surface area contributed by atoms with Crippen molar-refractivity contribution in [2.75, 3.05) is 24.7 Å². The number of hydrogen-bond acceptors (Lipinski definition) is 7. The van der Waals surface area contributed by atoms with E-state index in [4.69, 9.17) is 0 Å². The summed E-state index contributed by atoms with van der Waals surface area (Å²) < 4.78 is 1.77. The Morgan fingerprint density at radius 2 is 2.04 bits per heavy atom. The van der Waals surface area contributed by atoms with Crippen LogP contribution in [0.25, 0.3) is 5.69 Å². The number of nitriles is 1. The van der Waals surface area contributed by atoms with Gasteiger partial charge in [-0.15, -0.1) is 0 Å². The van der Waals surface area contributed by atoms with Gasteiger partial charge in [-0.05, 0) is 32.0 Å². The molecule has 0 saturated heterocycles. The molecule has 28 heavy (non-hydrogen) atoms. The zero-order chi connectivity index (χ0) is 20.1. The minimum atomic E-state index is 0.437. The Hall–Kier alpha value is -3.44. The molecule has 3 N–H and O–H groups in total. The van der Waals surface area contributed by atoms with Crippen molar-refractivity contribution in [2.45, 2.75) is 26.8 Å². The zero-order valence-corrected chi connectivity index (χ0v) is 16.5. The van der Waals surface area contributed by atoms with Crippen LogP contribution in [0.4, 0.5) is 17.5 Å². The summed E-state index contributed by atoms with van der Waals surface area (Å²) in [7, 11) is 3.70. The number of aromatic nitrogens is 4. The molecule has 0 radical (unpaired) electrons. The third kappa shape index (κ3) is 3.94. The van der Waals surface area contributed by atoms with Gasteiger partial charge in [0.1, 0.15) is 17.5 Å². The molecule has 3 rings (SSSR count). The minimum absolute atomic E-state index is 0.437. The molecule has 0 saturated carbocycles. The van der Waals surface area contributed by atoms with Crippen LogP contribution in [-0.4, -0.2) is 33.8 Å². The first-order chi connectivity index (χ1) is 13.6. The SMILES string of the molecule is CCc1ccc(Nc2nc(C)cc(NC)n2)c(C#N)c1-n1cc(CNC)cn1. The molecule has 0 amide bonds. The molecule has 0 aliphatic heterocycles. The fourth-order valence-electron chi connectivity index (χ4n) is 3.05. The summed E-state index contributed by atoms with van der Waals surface area (Å²) in [6.45, 7) is 4.68. The van der Waals surface area contributed by atoms with Gasteiger partial charge in [-0.1, -0.05) is 13.0 Å². The Balaban J connectivity index is 2.08. The monoisotopic (exact) mass is 376 g/mol. The second kappa shape index (κ2) is 8.50. The fraction of sp³-hybridized carbons (Fsp3) is 0.300. The van der Waals surface area contributed by atoms with Crippen LogP contribution in [0.15, 0.2) is 30.6 Å². The van der Waals surface area contributed by atoms with Crippen molar-refractivity contribution in [3.05, 3.63) is 53.0 Å². The number of hydrogen-bond donors (Lipinski definition) is 3. The summed E-state index contributed by atoms with van der Waals surface area (Å²) in [5.41, 5.74) is 4.85. The average molecular weight is 376 g/mol. The van der Waals surface area contributed by atoms with E-state index >= 15 is 0 Å². The highest BCUT2D eigenvalue weighted by molar-refractivity contribution is 5.72. The van der Waals surface area contributed by atoms with Crippen molar-refractivity contribution in [2.24, 2.45) is 0 Å². The van der Waals surface area contributed by atoms with Crippen molar-refractivity contribution in [3.8, 4) is 11.8 Å². The van der Waals surface area contributed by atoms with Crippen molar-refractivity contribution in [1.82, 2.24) is 25.1 Å². The molecule has 0 aliphatic carbocycles. The van der Waals surface area contributed by atoms with Crippen LogP contribution < -0.4 is 16.0 Å². The molecule has 1 aromatic carbocycles. The smallest absolute Gasteiger partial charge is 0.229 e. The average Bonchev–Trinajstić information content (AvgIpc) is 3.15. The fourth-order valence-corrected chi connectivity index (χ4v) is 3.05. The summed E-state index contributed by atoms with van der Waals surface area (Å²) in [6, 6.07) is 8.09. The van der Waals surface area contributed by atoms with E-state index in [1.165, 1.54) is 0 Å². The van der Waals surface area contributed by atoms with E-state index in [-0.39, 0.29) is 0 Å². The quantitative estimate of drug-likeness (QED) is 0.582. The number of nitrogens with one attached hydrogen (secondary N) is 3. The number of aryl methyl sites for hydroxylation is 2. The number of rotatable bonds is 7. The Kier molecular flexibility index (Phi) is 5.87. The summed E-state index contributed by atoms with van der Waals surface area (Å²) in [4.78, 5) is 8.85. The van der Waals surface area contributed by atoms with Crippen molar-refractivity contribution in [3.63, 3.8) is 0 Å². The van der Waals surface area contributed by atoms with Crippen LogP contribution in [0.5, 0.6) is 0 Å². The van der Waals surface area contributed by atoms with E-state index in [2.05, 4.69) is 44.0 Å². The highest BCUT2D eigenvalue weighted by Gasteiger charge is 2.16. The second-order valence-electron chi connectivity index (χ2n) is 6.38. The van der Waals surface area contributed by atoms with E-state index in [1.807, 2.05) is 38.4 Å².